The molecule has 1 saturated carbocycles. The SMILES string of the molecule is CC(=O)N1[C@@H](CO)[C@H](c2ccc(-c3cccc(F)c3)cc2)[C@@H]1CNC(=O)C1CC1. The summed E-state index contributed by atoms with van der Waals surface area (Å²) in [5.41, 5.74) is 2.69. The van der Waals surface area contributed by atoms with E-state index in [2.05, 4.69) is 5.32 Å². The summed E-state index contributed by atoms with van der Waals surface area (Å²) in [5.74, 6) is -0.304. The molecular formula is C23H25FN2O3. The Morgan fingerprint density at radius 2 is 1.83 bits per heavy atom. The summed E-state index contributed by atoms with van der Waals surface area (Å²) < 4.78 is 13.5. The number of benzene rings is 2. The van der Waals surface area contributed by atoms with Gasteiger partial charge in [-0.1, -0.05) is 36.4 Å². The van der Waals surface area contributed by atoms with Crippen molar-refractivity contribution in [1.29, 1.82) is 0 Å². The van der Waals surface area contributed by atoms with Crippen molar-refractivity contribution >= 4 is 11.8 Å². The number of aliphatic hydroxyl groups is 1. The number of aliphatic hydroxyl groups excluding tert-OH is 1. The number of carbonyl (C=O) groups is 2. The Morgan fingerprint density at radius 3 is 2.41 bits per heavy atom. The van der Waals surface area contributed by atoms with Crippen LogP contribution >= 0.6 is 0 Å². The van der Waals surface area contributed by atoms with Gasteiger partial charge in [0.1, 0.15) is 5.82 Å². The molecule has 2 aromatic rings. The van der Waals surface area contributed by atoms with Gasteiger partial charge in [-0.15, -0.1) is 0 Å². The molecule has 1 aliphatic carbocycles. The van der Waals surface area contributed by atoms with Gasteiger partial charge in [0.25, 0.3) is 0 Å². The molecule has 2 amide bonds. The summed E-state index contributed by atoms with van der Waals surface area (Å²) in [7, 11) is 0. The zero-order valence-electron chi connectivity index (χ0n) is 16.3. The van der Waals surface area contributed by atoms with E-state index in [0.717, 1.165) is 29.5 Å². The minimum atomic E-state index is -0.310. The number of carbonyl (C=O) groups excluding carboxylic acids is 2. The standard InChI is InChI=1S/C23H25FN2O3/c1-14(28)26-20(12-25-23(29)17-9-10-17)22(21(26)13-27)16-7-5-15(6-8-16)18-3-2-4-19(24)11-18/h2-8,11,17,20-22,27H,9-10,12-13H2,1H3,(H,25,29)/t20-,21-,22+/m0/s1. The van der Waals surface area contributed by atoms with Crippen molar-refractivity contribution in [3.8, 4) is 11.1 Å². The van der Waals surface area contributed by atoms with Crippen molar-refractivity contribution in [1.82, 2.24) is 10.2 Å². The minimum Gasteiger partial charge on any atom is -0.394 e. The van der Waals surface area contributed by atoms with Crippen LogP contribution in [0.2, 0.25) is 0 Å². The molecule has 0 bridgehead atoms. The molecular weight excluding hydrogens is 371 g/mol. The fourth-order valence-corrected chi connectivity index (χ4v) is 4.35. The third-order valence-corrected chi connectivity index (χ3v) is 5.98. The quantitative estimate of drug-likeness (QED) is 0.789. The lowest BCUT2D eigenvalue weighted by molar-refractivity contribution is -0.148. The van der Waals surface area contributed by atoms with Crippen molar-refractivity contribution in [2.24, 2.45) is 5.92 Å². The zero-order valence-corrected chi connectivity index (χ0v) is 16.3. The highest BCUT2D eigenvalue weighted by Gasteiger charge is 2.50. The van der Waals surface area contributed by atoms with E-state index in [9.17, 15) is 19.1 Å². The Balaban J connectivity index is 1.54. The van der Waals surface area contributed by atoms with Gasteiger partial charge in [-0.2, -0.15) is 0 Å². The van der Waals surface area contributed by atoms with E-state index in [-0.39, 0.29) is 48.2 Å². The first-order chi connectivity index (χ1) is 14.0. The number of likely N-dealkylation sites (tertiary alicyclic amines) is 1. The second kappa shape index (κ2) is 7.95. The monoisotopic (exact) mass is 396 g/mol. The Labute approximate surface area is 169 Å². The maximum absolute atomic E-state index is 13.5. The van der Waals surface area contributed by atoms with Crippen molar-refractivity contribution in [3.63, 3.8) is 0 Å². The van der Waals surface area contributed by atoms with Crippen molar-refractivity contribution in [2.45, 2.75) is 37.8 Å². The van der Waals surface area contributed by atoms with Crippen LogP contribution in [-0.4, -0.2) is 47.1 Å². The summed E-state index contributed by atoms with van der Waals surface area (Å²) in [4.78, 5) is 25.8. The molecule has 3 atom stereocenters. The number of hydrogen-bond acceptors (Lipinski definition) is 3. The lowest BCUT2D eigenvalue weighted by Crippen LogP contribution is -2.68. The van der Waals surface area contributed by atoms with Gasteiger partial charge in [-0.3, -0.25) is 9.59 Å². The van der Waals surface area contributed by atoms with Crippen LogP contribution in [0.4, 0.5) is 4.39 Å². The first-order valence-corrected chi connectivity index (χ1v) is 10.0. The van der Waals surface area contributed by atoms with Crippen molar-refractivity contribution < 1.29 is 19.1 Å². The van der Waals surface area contributed by atoms with Crippen LogP contribution in [0, 0.1) is 11.7 Å². The van der Waals surface area contributed by atoms with Crippen molar-refractivity contribution in [3.05, 3.63) is 59.9 Å². The van der Waals surface area contributed by atoms with Crippen LogP contribution in [0.3, 0.4) is 0 Å². The lowest BCUT2D eigenvalue weighted by atomic mass is 9.74. The van der Waals surface area contributed by atoms with Crippen LogP contribution in [-0.2, 0) is 9.59 Å². The smallest absolute Gasteiger partial charge is 0.223 e. The summed E-state index contributed by atoms with van der Waals surface area (Å²) in [6, 6.07) is 13.7. The molecule has 1 aliphatic heterocycles. The van der Waals surface area contributed by atoms with E-state index in [1.807, 2.05) is 30.3 Å². The van der Waals surface area contributed by atoms with Crippen LogP contribution in [0.15, 0.2) is 48.5 Å². The van der Waals surface area contributed by atoms with Crippen molar-refractivity contribution in [2.75, 3.05) is 13.2 Å². The molecule has 1 saturated heterocycles. The number of rotatable bonds is 6. The van der Waals surface area contributed by atoms with Gasteiger partial charge < -0.3 is 15.3 Å². The highest BCUT2D eigenvalue weighted by molar-refractivity contribution is 5.81. The van der Waals surface area contributed by atoms with Gasteiger partial charge in [0.05, 0.1) is 18.7 Å². The molecule has 0 spiro atoms. The molecule has 2 fully saturated rings. The Morgan fingerprint density at radius 1 is 1.10 bits per heavy atom. The maximum atomic E-state index is 13.5. The van der Waals surface area contributed by atoms with E-state index in [0.29, 0.717) is 6.54 Å². The lowest BCUT2D eigenvalue weighted by Gasteiger charge is -2.54. The summed E-state index contributed by atoms with van der Waals surface area (Å²) in [6.07, 6.45) is 1.86. The fraction of sp³-hybridized carbons (Fsp3) is 0.391. The van der Waals surface area contributed by atoms with E-state index in [1.165, 1.54) is 19.1 Å². The molecule has 1 heterocycles. The van der Waals surface area contributed by atoms with E-state index < -0.39 is 0 Å². The first kappa shape index (κ1) is 19.6. The Hall–Kier alpha value is -2.73. The van der Waals surface area contributed by atoms with Gasteiger partial charge in [0, 0.05) is 25.3 Å². The van der Waals surface area contributed by atoms with Gasteiger partial charge >= 0.3 is 0 Å². The number of nitrogens with zero attached hydrogens (tertiary/aromatic N) is 1. The van der Waals surface area contributed by atoms with Gasteiger partial charge in [-0.05, 0) is 41.7 Å². The molecule has 2 N–H and O–H groups in total. The molecule has 5 nitrogen and oxygen atoms in total. The molecule has 4 rings (SSSR count). The van der Waals surface area contributed by atoms with Crippen LogP contribution < -0.4 is 5.32 Å². The number of hydrogen-bond donors (Lipinski definition) is 2. The summed E-state index contributed by atoms with van der Waals surface area (Å²) in [6.45, 7) is 1.73. The predicted octanol–water partition coefficient (Wildman–Crippen LogP) is 2.69. The highest BCUT2D eigenvalue weighted by atomic mass is 19.1. The first-order valence-electron chi connectivity index (χ1n) is 10.0. The molecule has 29 heavy (non-hydrogen) atoms. The molecule has 2 aromatic carbocycles. The molecule has 0 unspecified atom stereocenters. The number of amides is 2. The van der Waals surface area contributed by atoms with Gasteiger partial charge in [-0.25, -0.2) is 4.39 Å². The minimum absolute atomic E-state index is 0.0427. The van der Waals surface area contributed by atoms with E-state index >= 15 is 0 Å². The average Bonchev–Trinajstić information content (AvgIpc) is 3.53. The highest BCUT2D eigenvalue weighted by Crippen LogP contribution is 2.41. The number of nitrogens with one attached hydrogen (secondary N) is 1. The Bertz CT molecular complexity index is 911. The normalized spacial score (nSPS) is 23.4. The van der Waals surface area contributed by atoms with Gasteiger partial charge in [0.15, 0.2) is 0 Å². The van der Waals surface area contributed by atoms with Crippen LogP contribution in [0.1, 0.15) is 31.2 Å². The second-order valence-electron chi connectivity index (χ2n) is 7.92. The predicted molar refractivity (Wildman–Crippen MR) is 107 cm³/mol. The third kappa shape index (κ3) is 3.90. The zero-order chi connectivity index (χ0) is 20.5. The van der Waals surface area contributed by atoms with Crippen LogP contribution in [0.25, 0.3) is 11.1 Å². The number of halogens is 1. The van der Waals surface area contributed by atoms with Gasteiger partial charge in [0.2, 0.25) is 11.8 Å². The van der Waals surface area contributed by atoms with E-state index in [1.54, 1.807) is 11.0 Å². The van der Waals surface area contributed by atoms with E-state index in [4.69, 9.17) is 0 Å². The largest absolute Gasteiger partial charge is 0.394 e. The summed E-state index contributed by atoms with van der Waals surface area (Å²) in [5, 5.41) is 12.8. The maximum Gasteiger partial charge on any atom is 0.223 e. The molecule has 0 aromatic heterocycles. The second-order valence-corrected chi connectivity index (χ2v) is 7.92. The molecule has 0 radical (unpaired) electrons. The molecule has 152 valence electrons. The molecule has 2 aliphatic rings. The fourth-order valence-electron chi connectivity index (χ4n) is 4.35. The topological polar surface area (TPSA) is 69.6 Å². The summed E-state index contributed by atoms with van der Waals surface area (Å²) >= 11 is 0. The molecule has 6 heteroatoms. The van der Waals surface area contributed by atoms with Crippen LogP contribution in [0.5, 0.6) is 0 Å². The third-order valence-electron chi connectivity index (χ3n) is 5.98. The Kier molecular flexibility index (Phi) is 5.37. The average molecular weight is 396 g/mol.